The molecule has 0 unspecified atom stereocenters. The molecule has 0 saturated carbocycles. The Morgan fingerprint density at radius 1 is 0.935 bits per heavy atom. The number of hydrogen-bond donors (Lipinski definition) is 2. The molecule has 7 nitrogen and oxygen atoms in total. The monoisotopic (exact) mass is 438 g/mol. The Bertz CT molecular complexity index is 1100. The van der Waals surface area contributed by atoms with Gasteiger partial charge >= 0.3 is 6.09 Å². The van der Waals surface area contributed by atoms with Crippen LogP contribution < -0.4 is 20.1 Å². The molecule has 0 aliphatic carbocycles. The smallest absolute Gasteiger partial charge is 0.411 e. The Labute approximate surface area is 183 Å². The van der Waals surface area contributed by atoms with Crippen molar-refractivity contribution in [1.82, 2.24) is 5.32 Å². The van der Waals surface area contributed by atoms with Gasteiger partial charge in [-0.2, -0.15) is 0 Å². The molecule has 2 amide bonds. The van der Waals surface area contributed by atoms with E-state index in [9.17, 15) is 9.59 Å². The van der Waals surface area contributed by atoms with Gasteiger partial charge in [-0.1, -0.05) is 48.0 Å². The van der Waals surface area contributed by atoms with Gasteiger partial charge in [-0.3, -0.25) is 10.1 Å². The summed E-state index contributed by atoms with van der Waals surface area (Å²) in [7, 11) is 0. The van der Waals surface area contributed by atoms with Crippen molar-refractivity contribution in [2.45, 2.75) is 13.2 Å². The summed E-state index contributed by atoms with van der Waals surface area (Å²) in [6, 6.07) is 19.4. The van der Waals surface area contributed by atoms with Crippen LogP contribution in [0.5, 0.6) is 11.5 Å². The summed E-state index contributed by atoms with van der Waals surface area (Å²) in [6.45, 7) is 0.564. The highest BCUT2D eigenvalue weighted by Crippen LogP contribution is 2.32. The number of nitrogens with one attached hydrogen (secondary N) is 2. The van der Waals surface area contributed by atoms with Gasteiger partial charge in [-0.25, -0.2) is 4.79 Å². The molecule has 1 aliphatic heterocycles. The third-order valence-electron chi connectivity index (χ3n) is 4.57. The molecule has 0 bridgehead atoms. The highest BCUT2D eigenvalue weighted by atomic mass is 35.5. The second-order valence-corrected chi connectivity index (χ2v) is 7.18. The number of fused-ring (bicyclic) bond motifs is 1. The van der Waals surface area contributed by atoms with Gasteiger partial charge in [0.2, 0.25) is 6.79 Å². The fraction of sp³-hybridized carbons (Fsp3) is 0.130. The maximum Gasteiger partial charge on any atom is 0.411 e. The fourth-order valence-electron chi connectivity index (χ4n) is 3.01. The molecule has 0 saturated heterocycles. The van der Waals surface area contributed by atoms with Crippen molar-refractivity contribution in [3.63, 3.8) is 0 Å². The van der Waals surface area contributed by atoms with Gasteiger partial charge < -0.3 is 19.5 Å². The normalized spacial score (nSPS) is 11.6. The lowest BCUT2D eigenvalue weighted by Crippen LogP contribution is -2.25. The summed E-state index contributed by atoms with van der Waals surface area (Å²) in [6.07, 6.45) is -0.670. The molecule has 0 atom stereocenters. The van der Waals surface area contributed by atoms with Gasteiger partial charge in [0.25, 0.3) is 5.91 Å². The number of hydrogen-bond acceptors (Lipinski definition) is 5. The standard InChI is InChI=1S/C23H19ClN2O5/c24-17-7-8-19(26-23(28)29-13-15-4-2-1-3-5-15)18(11-17)22(27)25-12-16-6-9-20-21(10-16)31-14-30-20/h1-11H,12-14H2,(H,25,27)(H,26,28). The summed E-state index contributed by atoms with van der Waals surface area (Å²) >= 11 is 6.07. The van der Waals surface area contributed by atoms with E-state index in [-0.39, 0.29) is 25.5 Å². The van der Waals surface area contributed by atoms with Crippen LogP contribution in [0.1, 0.15) is 21.5 Å². The summed E-state index contributed by atoms with van der Waals surface area (Å²) < 4.78 is 15.9. The summed E-state index contributed by atoms with van der Waals surface area (Å²) in [5.41, 5.74) is 2.22. The first-order valence-corrected chi connectivity index (χ1v) is 9.90. The Hall–Kier alpha value is -3.71. The molecule has 8 heteroatoms. The number of benzene rings is 3. The summed E-state index contributed by atoms with van der Waals surface area (Å²) in [5, 5.41) is 5.79. The van der Waals surface area contributed by atoms with Gasteiger partial charge in [0.1, 0.15) is 6.61 Å². The topological polar surface area (TPSA) is 85.9 Å². The Morgan fingerprint density at radius 3 is 2.58 bits per heavy atom. The zero-order chi connectivity index (χ0) is 21.6. The van der Waals surface area contributed by atoms with Gasteiger partial charge in [-0.15, -0.1) is 0 Å². The molecule has 1 aliphatic rings. The van der Waals surface area contributed by atoms with Crippen molar-refractivity contribution < 1.29 is 23.8 Å². The van der Waals surface area contributed by atoms with E-state index < -0.39 is 12.0 Å². The van der Waals surface area contributed by atoms with Crippen LogP contribution in [-0.2, 0) is 17.9 Å². The minimum atomic E-state index is -0.670. The average Bonchev–Trinajstić information content (AvgIpc) is 3.26. The second-order valence-electron chi connectivity index (χ2n) is 6.75. The summed E-state index contributed by atoms with van der Waals surface area (Å²) in [4.78, 5) is 25.0. The van der Waals surface area contributed by atoms with Crippen LogP contribution in [0.15, 0.2) is 66.7 Å². The quantitative estimate of drug-likeness (QED) is 0.580. The molecule has 0 aromatic heterocycles. The number of ether oxygens (including phenoxy) is 3. The largest absolute Gasteiger partial charge is 0.454 e. The van der Waals surface area contributed by atoms with E-state index in [1.54, 1.807) is 24.3 Å². The molecule has 0 spiro atoms. The van der Waals surface area contributed by atoms with E-state index >= 15 is 0 Å². The average molecular weight is 439 g/mol. The number of halogens is 1. The second kappa shape index (κ2) is 9.40. The van der Waals surface area contributed by atoms with E-state index in [1.807, 2.05) is 36.4 Å². The highest BCUT2D eigenvalue weighted by Gasteiger charge is 2.17. The van der Waals surface area contributed by atoms with E-state index in [0.29, 0.717) is 22.2 Å². The highest BCUT2D eigenvalue weighted by molar-refractivity contribution is 6.31. The molecular formula is C23H19ClN2O5. The van der Waals surface area contributed by atoms with E-state index in [0.717, 1.165) is 11.1 Å². The van der Waals surface area contributed by atoms with Crippen LogP contribution in [0, 0.1) is 0 Å². The van der Waals surface area contributed by atoms with Crippen LogP contribution >= 0.6 is 11.6 Å². The molecule has 31 heavy (non-hydrogen) atoms. The maximum absolute atomic E-state index is 12.8. The third kappa shape index (κ3) is 5.26. The predicted octanol–water partition coefficient (Wildman–Crippen LogP) is 4.75. The SMILES string of the molecule is O=C(Nc1ccc(Cl)cc1C(=O)NCc1ccc2c(c1)OCO2)OCc1ccccc1. The summed E-state index contributed by atoms with van der Waals surface area (Å²) in [5.74, 6) is 0.918. The van der Waals surface area contributed by atoms with Crippen LogP contribution in [0.25, 0.3) is 0 Å². The molecule has 0 radical (unpaired) electrons. The zero-order valence-corrected chi connectivity index (χ0v) is 17.1. The maximum atomic E-state index is 12.8. The predicted molar refractivity (Wildman–Crippen MR) is 115 cm³/mol. The van der Waals surface area contributed by atoms with Gasteiger partial charge in [0.15, 0.2) is 11.5 Å². The minimum absolute atomic E-state index is 0.117. The number of rotatable bonds is 6. The molecular weight excluding hydrogens is 420 g/mol. The Kier molecular flexibility index (Phi) is 6.24. The fourth-order valence-corrected chi connectivity index (χ4v) is 3.18. The molecule has 1 heterocycles. The van der Waals surface area contributed by atoms with Crippen LogP contribution in [0.4, 0.5) is 10.5 Å². The van der Waals surface area contributed by atoms with Crippen molar-refractivity contribution in [3.05, 3.63) is 88.4 Å². The van der Waals surface area contributed by atoms with E-state index in [1.165, 1.54) is 6.07 Å². The van der Waals surface area contributed by atoms with Gasteiger partial charge in [0, 0.05) is 11.6 Å². The van der Waals surface area contributed by atoms with Crippen molar-refractivity contribution in [3.8, 4) is 11.5 Å². The molecule has 3 aromatic rings. The van der Waals surface area contributed by atoms with Crippen LogP contribution in [0.2, 0.25) is 5.02 Å². The lowest BCUT2D eigenvalue weighted by Gasteiger charge is -2.13. The zero-order valence-electron chi connectivity index (χ0n) is 16.4. The van der Waals surface area contributed by atoms with Gasteiger partial charge in [0.05, 0.1) is 11.3 Å². The van der Waals surface area contributed by atoms with Crippen LogP contribution in [-0.4, -0.2) is 18.8 Å². The number of amides is 2. The van der Waals surface area contributed by atoms with Crippen molar-refractivity contribution in [2.75, 3.05) is 12.1 Å². The first kappa shape index (κ1) is 20.6. The van der Waals surface area contributed by atoms with Gasteiger partial charge in [-0.05, 0) is 41.5 Å². The number of carbonyl (C=O) groups is 2. The van der Waals surface area contributed by atoms with E-state index in [2.05, 4.69) is 10.6 Å². The molecule has 158 valence electrons. The Morgan fingerprint density at radius 2 is 1.74 bits per heavy atom. The Balaban J connectivity index is 1.39. The molecule has 0 fully saturated rings. The lowest BCUT2D eigenvalue weighted by atomic mass is 10.1. The first-order valence-electron chi connectivity index (χ1n) is 9.52. The molecule has 2 N–H and O–H groups in total. The minimum Gasteiger partial charge on any atom is -0.454 e. The third-order valence-corrected chi connectivity index (χ3v) is 4.80. The van der Waals surface area contributed by atoms with E-state index in [4.69, 9.17) is 25.8 Å². The van der Waals surface area contributed by atoms with Crippen molar-refractivity contribution in [2.24, 2.45) is 0 Å². The lowest BCUT2D eigenvalue weighted by molar-refractivity contribution is 0.0951. The molecule has 4 rings (SSSR count). The number of anilines is 1. The molecule has 3 aromatic carbocycles. The van der Waals surface area contributed by atoms with Crippen molar-refractivity contribution >= 4 is 29.3 Å². The van der Waals surface area contributed by atoms with Crippen LogP contribution in [0.3, 0.4) is 0 Å². The first-order chi connectivity index (χ1) is 15.1. The number of carbonyl (C=O) groups excluding carboxylic acids is 2. The van der Waals surface area contributed by atoms with Crippen molar-refractivity contribution in [1.29, 1.82) is 0 Å².